The van der Waals surface area contributed by atoms with Crippen molar-refractivity contribution in [2.45, 2.75) is 51.9 Å². The molecule has 6 atom stereocenters. The van der Waals surface area contributed by atoms with E-state index < -0.39 is 11.7 Å². The molecule has 0 N–H and O–H groups in total. The number of furan rings is 1. The van der Waals surface area contributed by atoms with E-state index in [1.807, 2.05) is 6.92 Å². The highest BCUT2D eigenvalue weighted by Crippen LogP contribution is 2.69. The minimum atomic E-state index is -0.528. The summed E-state index contributed by atoms with van der Waals surface area (Å²) in [7, 11) is 0. The summed E-state index contributed by atoms with van der Waals surface area (Å²) in [6.45, 7) is 4.11. The van der Waals surface area contributed by atoms with E-state index in [1.54, 1.807) is 6.07 Å². The van der Waals surface area contributed by atoms with Crippen molar-refractivity contribution in [3.63, 3.8) is 0 Å². The van der Waals surface area contributed by atoms with Crippen LogP contribution >= 0.6 is 0 Å². The fraction of sp³-hybridized carbons (Fsp3) is 0.600. The van der Waals surface area contributed by atoms with Crippen LogP contribution < -0.4 is 0 Å². The zero-order chi connectivity index (χ0) is 17.4. The van der Waals surface area contributed by atoms with E-state index in [0.29, 0.717) is 12.0 Å². The normalized spacial score (nSPS) is 44.2. The number of rotatable bonds is 3. The second-order valence-electron chi connectivity index (χ2n) is 8.30. The molecule has 0 radical (unpaired) electrons. The topological polar surface area (TPSA) is 65.7 Å². The van der Waals surface area contributed by atoms with Gasteiger partial charge in [0.25, 0.3) is 0 Å². The summed E-state index contributed by atoms with van der Waals surface area (Å²) in [5, 5.41) is 0. The Bertz CT molecular complexity index is 778. The smallest absolute Gasteiger partial charge is 0.314 e. The lowest BCUT2D eigenvalue weighted by molar-refractivity contribution is -0.233. The Morgan fingerprint density at radius 3 is 2.96 bits per heavy atom. The van der Waals surface area contributed by atoms with Crippen LogP contribution in [0.3, 0.4) is 0 Å². The maximum absolute atomic E-state index is 12.8. The standard InChI is InChI=1S/C20H22O5/c1-11-8-15-16-19(2)5-3-6-20(16,18(24-15)25-17(19)22)13(11)9-14(21)12-4-7-23-10-12/h4,7-8,10,13,15-16,18H,3,5-6,9H2,1-2H3/t13-,15?,16-,18+,19-,20-/m0/s1. The summed E-state index contributed by atoms with van der Waals surface area (Å²) < 4.78 is 17.0. The van der Waals surface area contributed by atoms with E-state index in [-0.39, 0.29) is 35.1 Å². The molecule has 1 aromatic heterocycles. The summed E-state index contributed by atoms with van der Waals surface area (Å²) in [5.74, 6) is 0.0818. The SMILES string of the molecule is CC1=CC2O[C@@H]3OC(=O)[C@@]4(C)CCC[C@@]3([C@@H]24)[C@H]1CC(=O)c1ccoc1. The van der Waals surface area contributed by atoms with Gasteiger partial charge in [0, 0.05) is 17.8 Å². The van der Waals surface area contributed by atoms with Crippen molar-refractivity contribution in [2.24, 2.45) is 22.7 Å². The fourth-order valence-corrected chi connectivity index (χ4v) is 6.11. The lowest BCUT2D eigenvalue weighted by Crippen LogP contribution is -2.62. The molecule has 1 aromatic rings. The Morgan fingerprint density at radius 1 is 1.36 bits per heavy atom. The molecule has 5 nitrogen and oxygen atoms in total. The van der Waals surface area contributed by atoms with E-state index in [0.717, 1.165) is 19.3 Å². The van der Waals surface area contributed by atoms with E-state index in [9.17, 15) is 9.59 Å². The molecule has 132 valence electrons. The Labute approximate surface area is 146 Å². The third kappa shape index (κ3) is 1.77. The van der Waals surface area contributed by atoms with Gasteiger partial charge < -0.3 is 13.9 Å². The number of esters is 1. The molecule has 0 amide bonds. The average Bonchev–Trinajstić information content (AvgIpc) is 3.15. The number of ether oxygens (including phenoxy) is 2. The van der Waals surface area contributed by atoms with Gasteiger partial charge in [-0.3, -0.25) is 9.59 Å². The molecule has 2 saturated heterocycles. The van der Waals surface area contributed by atoms with Crippen molar-refractivity contribution in [3.05, 3.63) is 35.8 Å². The number of carbonyl (C=O) groups is 2. The molecule has 0 aromatic carbocycles. The molecule has 2 aliphatic carbocycles. The number of ketones is 1. The molecule has 5 bridgehead atoms. The van der Waals surface area contributed by atoms with Crippen LogP contribution in [0, 0.1) is 22.7 Å². The third-order valence-electron chi connectivity index (χ3n) is 7.16. The number of allylic oxidation sites excluding steroid dienone is 1. The fourth-order valence-electron chi connectivity index (χ4n) is 6.11. The summed E-state index contributed by atoms with van der Waals surface area (Å²) >= 11 is 0. The first-order valence-corrected chi connectivity index (χ1v) is 9.07. The molecule has 25 heavy (non-hydrogen) atoms. The summed E-state index contributed by atoms with van der Waals surface area (Å²) in [6.07, 6.45) is 7.69. The van der Waals surface area contributed by atoms with Crippen molar-refractivity contribution < 1.29 is 23.5 Å². The predicted molar refractivity (Wildman–Crippen MR) is 87.5 cm³/mol. The van der Waals surface area contributed by atoms with Gasteiger partial charge in [-0.25, -0.2) is 0 Å². The first-order valence-electron chi connectivity index (χ1n) is 9.07. The van der Waals surface area contributed by atoms with Crippen LogP contribution in [0.2, 0.25) is 0 Å². The highest BCUT2D eigenvalue weighted by atomic mass is 16.7. The van der Waals surface area contributed by atoms with Crippen LogP contribution in [0.1, 0.15) is 49.9 Å². The van der Waals surface area contributed by atoms with E-state index >= 15 is 0 Å². The van der Waals surface area contributed by atoms with Crippen molar-refractivity contribution in [3.8, 4) is 0 Å². The number of hydrogen-bond donors (Lipinski definition) is 0. The van der Waals surface area contributed by atoms with Gasteiger partial charge in [-0.15, -0.1) is 0 Å². The van der Waals surface area contributed by atoms with Gasteiger partial charge in [0.15, 0.2) is 5.78 Å². The Balaban J connectivity index is 1.59. The lowest BCUT2D eigenvalue weighted by Gasteiger charge is -2.58. The number of carbonyl (C=O) groups excluding carboxylic acids is 2. The highest BCUT2D eigenvalue weighted by molar-refractivity contribution is 5.96. The lowest BCUT2D eigenvalue weighted by atomic mass is 9.46. The van der Waals surface area contributed by atoms with Crippen molar-refractivity contribution in [1.29, 1.82) is 0 Å². The maximum atomic E-state index is 12.8. The Hall–Kier alpha value is -1.88. The quantitative estimate of drug-likeness (QED) is 0.478. The van der Waals surface area contributed by atoms with Crippen LogP contribution in [-0.2, 0) is 14.3 Å². The predicted octanol–water partition coefficient (Wildman–Crippen LogP) is 3.50. The largest absolute Gasteiger partial charge is 0.472 e. The first kappa shape index (κ1) is 15.4. The van der Waals surface area contributed by atoms with Gasteiger partial charge in [0.2, 0.25) is 6.29 Å². The molecule has 1 unspecified atom stereocenters. The van der Waals surface area contributed by atoms with Gasteiger partial charge in [-0.05, 0) is 38.7 Å². The molecular formula is C20H22O5. The molecule has 1 saturated carbocycles. The molecular weight excluding hydrogens is 320 g/mol. The van der Waals surface area contributed by atoms with Gasteiger partial charge in [0.1, 0.15) is 6.26 Å². The van der Waals surface area contributed by atoms with Crippen LogP contribution in [0.15, 0.2) is 34.7 Å². The minimum absolute atomic E-state index is 0.0383. The first-order chi connectivity index (χ1) is 12.0. The maximum Gasteiger partial charge on any atom is 0.314 e. The van der Waals surface area contributed by atoms with Crippen LogP contribution in [0.25, 0.3) is 0 Å². The zero-order valence-corrected chi connectivity index (χ0v) is 14.5. The molecule has 5 rings (SSSR count). The monoisotopic (exact) mass is 342 g/mol. The minimum Gasteiger partial charge on any atom is -0.472 e. The number of hydrogen-bond acceptors (Lipinski definition) is 5. The molecule has 0 spiro atoms. The number of Topliss-reactive ketones (excluding diaryl/α,β-unsaturated/α-hetero) is 1. The third-order valence-corrected chi connectivity index (χ3v) is 7.16. The van der Waals surface area contributed by atoms with Crippen LogP contribution in [0.5, 0.6) is 0 Å². The highest BCUT2D eigenvalue weighted by Gasteiger charge is 2.74. The van der Waals surface area contributed by atoms with Crippen LogP contribution in [-0.4, -0.2) is 24.1 Å². The van der Waals surface area contributed by atoms with E-state index in [4.69, 9.17) is 13.9 Å². The second kappa shape index (κ2) is 4.85. The van der Waals surface area contributed by atoms with E-state index in [1.165, 1.54) is 18.1 Å². The van der Waals surface area contributed by atoms with Crippen LogP contribution in [0.4, 0.5) is 0 Å². The Morgan fingerprint density at radius 2 is 2.20 bits per heavy atom. The molecule has 2 aliphatic heterocycles. The molecule has 3 heterocycles. The van der Waals surface area contributed by atoms with Crippen molar-refractivity contribution >= 4 is 11.8 Å². The van der Waals surface area contributed by atoms with Crippen molar-refractivity contribution in [1.82, 2.24) is 0 Å². The molecule has 4 aliphatic rings. The van der Waals surface area contributed by atoms with Gasteiger partial charge in [0.05, 0.1) is 23.3 Å². The van der Waals surface area contributed by atoms with Gasteiger partial charge in [-0.1, -0.05) is 18.1 Å². The molecule has 5 heteroatoms. The van der Waals surface area contributed by atoms with E-state index in [2.05, 4.69) is 13.0 Å². The summed E-state index contributed by atoms with van der Waals surface area (Å²) in [5.41, 5.74) is 1.00. The zero-order valence-electron chi connectivity index (χ0n) is 14.5. The second-order valence-corrected chi connectivity index (χ2v) is 8.30. The Kier molecular flexibility index (Phi) is 2.98. The van der Waals surface area contributed by atoms with Gasteiger partial charge >= 0.3 is 5.97 Å². The summed E-state index contributed by atoms with van der Waals surface area (Å²) in [4.78, 5) is 25.4. The van der Waals surface area contributed by atoms with Crippen molar-refractivity contribution in [2.75, 3.05) is 0 Å². The average molecular weight is 342 g/mol. The van der Waals surface area contributed by atoms with Gasteiger partial charge in [-0.2, -0.15) is 0 Å². The molecule has 3 fully saturated rings. The summed E-state index contributed by atoms with van der Waals surface area (Å²) in [6, 6.07) is 1.71.